The second-order valence-corrected chi connectivity index (χ2v) is 6.74. The molecule has 2 aromatic rings. The molecule has 0 saturated carbocycles. The Morgan fingerprint density at radius 3 is 2.37 bits per heavy atom. The van der Waals surface area contributed by atoms with E-state index in [4.69, 9.17) is 5.73 Å². The number of primary amides is 1. The maximum atomic E-state index is 12.8. The van der Waals surface area contributed by atoms with Crippen LogP contribution in [-0.2, 0) is 6.54 Å². The quantitative estimate of drug-likeness (QED) is 0.170. The summed E-state index contributed by atoms with van der Waals surface area (Å²) in [4.78, 5) is 16.3. The SMILES string of the molecule is CN=C(NCCCSc1ccc(F)cc1)NCc1ccc(C(N)=O)cc1.I. The number of halogens is 2. The molecule has 27 heavy (non-hydrogen) atoms. The Kier molecular flexibility index (Phi) is 10.8. The number of carbonyl (C=O) groups excluding carboxylic acids is 1. The van der Waals surface area contributed by atoms with Gasteiger partial charge in [-0.3, -0.25) is 9.79 Å². The molecule has 2 rings (SSSR count). The number of carbonyl (C=O) groups is 1. The molecule has 146 valence electrons. The van der Waals surface area contributed by atoms with Gasteiger partial charge in [-0.15, -0.1) is 35.7 Å². The fourth-order valence-corrected chi connectivity index (χ4v) is 3.05. The number of nitrogens with two attached hydrogens (primary N) is 1. The van der Waals surface area contributed by atoms with Crippen molar-refractivity contribution in [2.45, 2.75) is 17.9 Å². The number of rotatable bonds is 8. The van der Waals surface area contributed by atoms with Crippen molar-refractivity contribution in [2.24, 2.45) is 10.7 Å². The van der Waals surface area contributed by atoms with Crippen LogP contribution in [0.25, 0.3) is 0 Å². The van der Waals surface area contributed by atoms with E-state index in [0.717, 1.165) is 35.1 Å². The first-order valence-corrected chi connectivity index (χ1v) is 9.28. The smallest absolute Gasteiger partial charge is 0.248 e. The molecule has 8 heteroatoms. The molecule has 0 saturated heterocycles. The molecule has 0 heterocycles. The van der Waals surface area contributed by atoms with Crippen LogP contribution in [0.15, 0.2) is 58.4 Å². The van der Waals surface area contributed by atoms with Crippen LogP contribution >= 0.6 is 35.7 Å². The summed E-state index contributed by atoms with van der Waals surface area (Å²) in [6.45, 7) is 1.39. The number of thioether (sulfide) groups is 1. The molecule has 5 nitrogen and oxygen atoms in total. The summed E-state index contributed by atoms with van der Waals surface area (Å²) in [7, 11) is 1.72. The molecule has 4 N–H and O–H groups in total. The molecular weight excluding hydrogens is 478 g/mol. The fourth-order valence-electron chi connectivity index (χ4n) is 2.19. The first kappa shape index (κ1) is 23.2. The van der Waals surface area contributed by atoms with Gasteiger partial charge in [0.2, 0.25) is 5.91 Å². The minimum atomic E-state index is -0.430. The van der Waals surface area contributed by atoms with Gasteiger partial charge in [0.25, 0.3) is 0 Å². The first-order valence-electron chi connectivity index (χ1n) is 8.30. The molecule has 0 aliphatic heterocycles. The van der Waals surface area contributed by atoms with Gasteiger partial charge in [-0.1, -0.05) is 12.1 Å². The Bertz CT molecular complexity index is 738. The molecule has 0 radical (unpaired) electrons. The molecule has 0 aliphatic carbocycles. The number of nitrogens with zero attached hydrogens (tertiary/aromatic N) is 1. The van der Waals surface area contributed by atoms with Crippen LogP contribution in [0.5, 0.6) is 0 Å². The Hall–Kier alpha value is -1.81. The molecule has 1 amide bonds. The highest BCUT2D eigenvalue weighted by Crippen LogP contribution is 2.18. The van der Waals surface area contributed by atoms with E-state index in [1.807, 2.05) is 12.1 Å². The predicted octanol–water partition coefficient (Wildman–Crippen LogP) is 3.39. The lowest BCUT2D eigenvalue weighted by molar-refractivity contribution is 0.100. The second kappa shape index (κ2) is 12.6. The van der Waals surface area contributed by atoms with E-state index in [1.54, 1.807) is 43.1 Å². The number of amides is 1. The molecule has 0 atom stereocenters. The number of aliphatic imine (C=N–C) groups is 1. The predicted molar refractivity (Wildman–Crippen MR) is 120 cm³/mol. The van der Waals surface area contributed by atoms with Gasteiger partial charge in [-0.05, 0) is 54.1 Å². The first-order chi connectivity index (χ1) is 12.6. The van der Waals surface area contributed by atoms with E-state index >= 15 is 0 Å². The van der Waals surface area contributed by atoms with Crippen LogP contribution in [0, 0.1) is 5.82 Å². The third-order valence-electron chi connectivity index (χ3n) is 3.62. The molecule has 0 spiro atoms. The lowest BCUT2D eigenvalue weighted by atomic mass is 10.1. The maximum Gasteiger partial charge on any atom is 0.248 e. The van der Waals surface area contributed by atoms with Crippen molar-refractivity contribution in [3.63, 3.8) is 0 Å². The lowest BCUT2D eigenvalue weighted by Crippen LogP contribution is -2.37. The zero-order valence-corrected chi connectivity index (χ0v) is 18.2. The molecule has 0 aliphatic rings. The van der Waals surface area contributed by atoms with Crippen molar-refractivity contribution in [1.29, 1.82) is 0 Å². The topological polar surface area (TPSA) is 79.5 Å². The number of hydrogen-bond donors (Lipinski definition) is 3. The van der Waals surface area contributed by atoms with E-state index < -0.39 is 5.91 Å². The average molecular weight is 502 g/mol. The van der Waals surface area contributed by atoms with E-state index in [0.29, 0.717) is 12.1 Å². The van der Waals surface area contributed by atoms with Gasteiger partial charge in [-0.25, -0.2) is 4.39 Å². The van der Waals surface area contributed by atoms with Crippen LogP contribution in [0.2, 0.25) is 0 Å². The standard InChI is InChI=1S/C19H23FN4OS.HI/c1-22-19(24-13-14-3-5-15(6-4-14)18(21)25)23-11-2-12-26-17-9-7-16(20)8-10-17;/h3-10H,2,11-13H2,1H3,(H2,21,25)(H2,22,23,24);1H. The van der Waals surface area contributed by atoms with E-state index in [2.05, 4.69) is 15.6 Å². The van der Waals surface area contributed by atoms with Crippen molar-refractivity contribution < 1.29 is 9.18 Å². The van der Waals surface area contributed by atoms with Crippen molar-refractivity contribution in [3.8, 4) is 0 Å². The van der Waals surface area contributed by atoms with Gasteiger partial charge < -0.3 is 16.4 Å². The molecule has 0 fully saturated rings. The van der Waals surface area contributed by atoms with Crippen molar-refractivity contribution in [2.75, 3.05) is 19.3 Å². The summed E-state index contributed by atoms with van der Waals surface area (Å²) in [6.07, 6.45) is 0.954. The molecule has 0 unspecified atom stereocenters. The Labute approximate surface area is 180 Å². The lowest BCUT2D eigenvalue weighted by Gasteiger charge is -2.12. The highest BCUT2D eigenvalue weighted by atomic mass is 127. The summed E-state index contributed by atoms with van der Waals surface area (Å²) < 4.78 is 12.8. The van der Waals surface area contributed by atoms with Crippen LogP contribution in [0.3, 0.4) is 0 Å². The minimum Gasteiger partial charge on any atom is -0.366 e. The number of guanidine groups is 1. The van der Waals surface area contributed by atoms with Crippen LogP contribution in [0.1, 0.15) is 22.3 Å². The van der Waals surface area contributed by atoms with Gasteiger partial charge in [-0.2, -0.15) is 0 Å². The minimum absolute atomic E-state index is 0. The molecular formula is C19H24FIN4OS. The second-order valence-electron chi connectivity index (χ2n) is 5.57. The van der Waals surface area contributed by atoms with Gasteiger partial charge in [0.05, 0.1) is 0 Å². The highest BCUT2D eigenvalue weighted by Gasteiger charge is 2.02. The van der Waals surface area contributed by atoms with E-state index in [1.165, 1.54) is 12.1 Å². The Morgan fingerprint density at radius 2 is 1.78 bits per heavy atom. The molecule has 0 bridgehead atoms. The fraction of sp³-hybridized carbons (Fsp3) is 0.263. The van der Waals surface area contributed by atoms with Crippen LogP contribution < -0.4 is 16.4 Å². The summed E-state index contributed by atoms with van der Waals surface area (Å²) in [5.74, 6) is 1.01. The van der Waals surface area contributed by atoms with Gasteiger partial charge in [0.15, 0.2) is 5.96 Å². The van der Waals surface area contributed by atoms with Gasteiger partial charge >= 0.3 is 0 Å². The van der Waals surface area contributed by atoms with Crippen molar-refractivity contribution in [3.05, 3.63) is 65.5 Å². The monoisotopic (exact) mass is 502 g/mol. The van der Waals surface area contributed by atoms with Gasteiger partial charge in [0.1, 0.15) is 5.82 Å². The van der Waals surface area contributed by atoms with Crippen molar-refractivity contribution >= 4 is 47.6 Å². The largest absolute Gasteiger partial charge is 0.366 e. The Morgan fingerprint density at radius 1 is 1.11 bits per heavy atom. The summed E-state index contributed by atoms with van der Waals surface area (Å²) in [5, 5.41) is 6.48. The third-order valence-corrected chi connectivity index (χ3v) is 4.72. The number of hydrogen-bond acceptors (Lipinski definition) is 3. The number of nitrogens with one attached hydrogen (secondary N) is 2. The Balaban J connectivity index is 0.00000364. The highest BCUT2D eigenvalue weighted by molar-refractivity contribution is 14.0. The zero-order chi connectivity index (χ0) is 18.8. The third kappa shape index (κ3) is 8.61. The summed E-state index contributed by atoms with van der Waals surface area (Å²) in [5.41, 5.74) is 6.76. The number of benzene rings is 2. The molecule has 0 aromatic heterocycles. The normalized spacial score (nSPS) is 10.8. The van der Waals surface area contributed by atoms with E-state index in [-0.39, 0.29) is 29.8 Å². The maximum absolute atomic E-state index is 12.8. The van der Waals surface area contributed by atoms with Crippen LogP contribution in [0.4, 0.5) is 4.39 Å². The summed E-state index contributed by atoms with van der Waals surface area (Å²) >= 11 is 1.70. The van der Waals surface area contributed by atoms with Crippen molar-refractivity contribution in [1.82, 2.24) is 10.6 Å². The van der Waals surface area contributed by atoms with Crippen LogP contribution in [-0.4, -0.2) is 31.2 Å². The average Bonchev–Trinajstić information content (AvgIpc) is 2.65. The zero-order valence-electron chi connectivity index (χ0n) is 15.1. The van der Waals surface area contributed by atoms with E-state index in [9.17, 15) is 9.18 Å². The summed E-state index contributed by atoms with van der Waals surface area (Å²) in [6, 6.07) is 13.7. The van der Waals surface area contributed by atoms with Gasteiger partial charge in [0, 0.05) is 30.6 Å². The molecule has 2 aromatic carbocycles.